The molecule has 11 nitrogen and oxygen atoms in total. The van der Waals surface area contributed by atoms with Crippen LogP contribution in [-0.2, 0) is 40.4 Å². The Morgan fingerprint density at radius 1 is 1.22 bits per heavy atom. The van der Waals surface area contributed by atoms with E-state index >= 15 is 0 Å². The smallest absolute Gasteiger partial charge is 0.348 e. The van der Waals surface area contributed by atoms with E-state index in [4.69, 9.17) is 23.7 Å². The fourth-order valence-electron chi connectivity index (χ4n) is 6.19. The summed E-state index contributed by atoms with van der Waals surface area (Å²) >= 11 is 0. The van der Waals surface area contributed by atoms with Gasteiger partial charge in [-0.2, -0.15) is 0 Å². The number of hydrogen-bond donors (Lipinski definition) is 2. The minimum atomic E-state index is -1.59. The van der Waals surface area contributed by atoms with Crippen LogP contribution >= 0.6 is 0 Å². The zero-order chi connectivity index (χ0) is 30.1. The topological polar surface area (TPSA) is 141 Å². The Balaban J connectivity index is 1.63. The van der Waals surface area contributed by atoms with Crippen molar-refractivity contribution in [2.45, 2.75) is 95.2 Å². The molecule has 0 saturated carbocycles. The highest BCUT2D eigenvalue weighted by atomic mass is 16.6. The van der Waals surface area contributed by atoms with Gasteiger partial charge >= 0.3 is 17.9 Å². The number of carbonyl (C=O) groups excluding carboxylic acids is 3. The summed E-state index contributed by atoms with van der Waals surface area (Å²) in [4.78, 5) is 40.0. The minimum absolute atomic E-state index is 0.0981. The van der Waals surface area contributed by atoms with Crippen molar-refractivity contribution in [3.63, 3.8) is 0 Å². The van der Waals surface area contributed by atoms with Gasteiger partial charge in [0.1, 0.15) is 11.9 Å². The quantitative estimate of drug-likeness (QED) is 0.215. The second-order valence-electron chi connectivity index (χ2n) is 11.2. The van der Waals surface area contributed by atoms with E-state index in [0.29, 0.717) is 24.3 Å². The molecule has 3 aliphatic rings. The van der Waals surface area contributed by atoms with Crippen LogP contribution in [0.15, 0.2) is 24.0 Å². The number of hydrogen-bond acceptors (Lipinski definition) is 11. The van der Waals surface area contributed by atoms with E-state index in [2.05, 4.69) is 4.90 Å². The van der Waals surface area contributed by atoms with Gasteiger partial charge < -0.3 is 38.8 Å². The maximum atomic E-state index is 13.2. The van der Waals surface area contributed by atoms with Gasteiger partial charge in [-0.3, -0.25) is 4.79 Å². The van der Waals surface area contributed by atoms with Crippen LogP contribution in [0.25, 0.3) is 0 Å². The number of methoxy groups -OCH3 is 1. The molecule has 11 heteroatoms. The molecule has 0 spiro atoms. The Kier molecular flexibility index (Phi) is 9.01. The number of aliphatic hydroxyl groups excluding tert-OH is 1. The van der Waals surface area contributed by atoms with Gasteiger partial charge in [-0.05, 0) is 58.0 Å². The first kappa shape index (κ1) is 30.8. The first-order valence-corrected chi connectivity index (χ1v) is 14.2. The van der Waals surface area contributed by atoms with Gasteiger partial charge in [0, 0.05) is 18.0 Å². The highest BCUT2D eigenvalue weighted by Gasteiger charge is 2.68. The molecule has 0 saturated heterocycles. The third kappa shape index (κ3) is 5.30. The molecule has 0 bridgehead atoms. The zero-order valence-electron chi connectivity index (χ0n) is 24.6. The summed E-state index contributed by atoms with van der Waals surface area (Å²) in [7, 11) is 3.51. The van der Waals surface area contributed by atoms with Gasteiger partial charge in [-0.1, -0.05) is 26.3 Å². The van der Waals surface area contributed by atoms with E-state index in [0.717, 1.165) is 24.1 Å². The van der Waals surface area contributed by atoms with E-state index in [1.165, 1.54) is 6.92 Å². The summed E-state index contributed by atoms with van der Waals surface area (Å²) in [6.07, 6.45) is -0.751. The highest BCUT2D eigenvalue weighted by molar-refractivity contribution is 5.85. The van der Waals surface area contributed by atoms with Crippen LogP contribution in [0.2, 0.25) is 0 Å². The molecule has 0 unspecified atom stereocenters. The summed E-state index contributed by atoms with van der Waals surface area (Å²) in [6, 6.07) is 3.59. The van der Waals surface area contributed by atoms with Crippen LogP contribution in [0.5, 0.6) is 11.5 Å². The molecule has 1 aromatic carbocycles. The molecule has 0 radical (unpaired) electrons. The third-order valence-corrected chi connectivity index (χ3v) is 8.66. The van der Waals surface area contributed by atoms with Gasteiger partial charge in [0.15, 0.2) is 17.6 Å². The largest absolute Gasteiger partial charge is 0.493 e. The molecule has 2 aliphatic carbocycles. The van der Waals surface area contributed by atoms with Crippen molar-refractivity contribution in [1.82, 2.24) is 4.90 Å². The Morgan fingerprint density at radius 2 is 1.95 bits per heavy atom. The van der Waals surface area contributed by atoms with Gasteiger partial charge in [0.05, 0.1) is 31.2 Å². The number of ether oxygens (including phenoxy) is 5. The summed E-state index contributed by atoms with van der Waals surface area (Å²) < 4.78 is 28.0. The molecule has 0 aromatic heterocycles. The monoisotopic (exact) mass is 575 g/mol. The molecule has 1 aromatic rings. The average Bonchev–Trinajstić information content (AvgIpc) is 3.27. The molecule has 226 valence electrons. The van der Waals surface area contributed by atoms with Crippen LogP contribution in [0.4, 0.5) is 0 Å². The van der Waals surface area contributed by atoms with Crippen molar-refractivity contribution in [3.8, 4) is 11.5 Å². The fourth-order valence-corrected chi connectivity index (χ4v) is 6.19. The average molecular weight is 576 g/mol. The summed E-state index contributed by atoms with van der Waals surface area (Å²) in [5.74, 6) is -1.63. The van der Waals surface area contributed by atoms with Crippen molar-refractivity contribution < 1.29 is 48.3 Å². The Hall–Kier alpha value is -3.15. The molecule has 0 fully saturated rings. The molecular formula is C30H41NO10. The lowest BCUT2D eigenvalue weighted by atomic mass is 9.54. The Labute approximate surface area is 240 Å². The van der Waals surface area contributed by atoms with Crippen LogP contribution in [0.1, 0.15) is 64.5 Å². The third-order valence-electron chi connectivity index (χ3n) is 8.66. The normalized spacial score (nSPS) is 27.2. The molecule has 1 aliphatic heterocycles. The number of unbranched alkanes of at least 4 members (excludes halogenated alkanes) is 1. The minimum Gasteiger partial charge on any atom is -0.493 e. The molecule has 2 N–H and O–H groups in total. The number of rotatable bonds is 12. The summed E-state index contributed by atoms with van der Waals surface area (Å²) in [5, 5.41) is 21.9. The number of carbonyl (C=O) groups is 3. The van der Waals surface area contributed by atoms with Crippen LogP contribution in [0.3, 0.4) is 0 Å². The first-order chi connectivity index (χ1) is 19.4. The molecule has 4 rings (SSSR count). The van der Waals surface area contributed by atoms with Gasteiger partial charge in [-0.25, -0.2) is 9.59 Å². The highest BCUT2D eigenvalue weighted by Crippen LogP contribution is 2.62. The molecule has 6 atom stereocenters. The van der Waals surface area contributed by atoms with Gasteiger partial charge in [0.2, 0.25) is 6.10 Å². The van der Waals surface area contributed by atoms with E-state index in [-0.39, 0.29) is 24.8 Å². The lowest BCUT2D eigenvalue weighted by Crippen LogP contribution is -2.69. The number of aliphatic hydroxyl groups is 2. The van der Waals surface area contributed by atoms with Gasteiger partial charge in [0.25, 0.3) is 0 Å². The lowest BCUT2D eigenvalue weighted by Gasteiger charge is -2.56. The van der Waals surface area contributed by atoms with Crippen molar-refractivity contribution in [2.24, 2.45) is 0 Å². The second kappa shape index (κ2) is 12.0. The lowest BCUT2D eigenvalue weighted by molar-refractivity contribution is -0.176. The summed E-state index contributed by atoms with van der Waals surface area (Å²) in [6.45, 7) is 7.89. The maximum absolute atomic E-state index is 13.2. The number of esters is 3. The standard InChI is InChI=1S/C30H41NO10/c1-7-9-14-38-28(35)21(40-27(34)17(3)32)16-23(33)39-20-12-13-30(36)22(31(5)8-2)15-18-10-11-19(37-6)25-24(18)29(30,4)26(20)41-25/h10-12,17,21-22,26,32,36H,7-9,13-16H2,1-6H3/t17-,21-,22+,26-,29-,30+/m0/s1. The van der Waals surface area contributed by atoms with E-state index in [1.54, 1.807) is 13.2 Å². The van der Waals surface area contributed by atoms with Crippen molar-refractivity contribution in [3.05, 3.63) is 35.1 Å². The number of benzene rings is 1. The predicted octanol–water partition coefficient (Wildman–Crippen LogP) is 2.18. The SMILES string of the molecule is CCCCOC(=O)[C@H](CC(=O)OC1=CC[C@@]2(O)[C@H](N(C)CC)Cc3ccc(OC)c4c3[C@@]2(C)[C@H]1O4)OC(=O)[C@H](C)O. The number of nitrogens with zero attached hydrogens (tertiary/aromatic N) is 1. The van der Waals surface area contributed by atoms with Gasteiger partial charge in [-0.15, -0.1) is 0 Å². The van der Waals surface area contributed by atoms with Crippen molar-refractivity contribution >= 4 is 17.9 Å². The predicted molar refractivity (Wildman–Crippen MR) is 146 cm³/mol. The molecule has 0 amide bonds. The van der Waals surface area contributed by atoms with Crippen LogP contribution < -0.4 is 9.47 Å². The molecular weight excluding hydrogens is 534 g/mol. The second-order valence-corrected chi connectivity index (χ2v) is 11.2. The van der Waals surface area contributed by atoms with E-state index in [9.17, 15) is 24.6 Å². The van der Waals surface area contributed by atoms with Crippen LogP contribution in [-0.4, -0.2) is 90.3 Å². The first-order valence-electron chi connectivity index (χ1n) is 14.2. The maximum Gasteiger partial charge on any atom is 0.348 e. The van der Waals surface area contributed by atoms with E-state index < -0.39 is 53.7 Å². The van der Waals surface area contributed by atoms with Crippen molar-refractivity contribution in [2.75, 3.05) is 27.3 Å². The van der Waals surface area contributed by atoms with Crippen LogP contribution in [0, 0.1) is 0 Å². The summed E-state index contributed by atoms with van der Waals surface area (Å²) in [5.41, 5.74) is -0.384. The molecule has 1 heterocycles. The molecule has 41 heavy (non-hydrogen) atoms. The Bertz CT molecular complexity index is 1210. The van der Waals surface area contributed by atoms with Crippen molar-refractivity contribution in [1.29, 1.82) is 0 Å². The number of likely N-dealkylation sites (N-methyl/N-ethyl adjacent to an activating group) is 1. The zero-order valence-corrected chi connectivity index (χ0v) is 24.6. The van der Waals surface area contributed by atoms with E-state index in [1.807, 2.05) is 40.0 Å². The Morgan fingerprint density at radius 3 is 2.59 bits per heavy atom. The fraction of sp³-hybridized carbons (Fsp3) is 0.633.